The van der Waals surface area contributed by atoms with Gasteiger partial charge in [0, 0.05) is 29.0 Å². The molecule has 1 heterocycles. The Bertz CT molecular complexity index is 891. The lowest BCUT2D eigenvalue weighted by molar-refractivity contribution is -0.152. The Kier molecular flexibility index (Phi) is 5.37. The number of hydrogen-bond acceptors (Lipinski definition) is 4. The number of benzene rings is 2. The second-order valence-electron chi connectivity index (χ2n) is 6.26. The fraction of sp³-hybridized carbons (Fsp3) is 0.200. The molecule has 0 unspecified atom stereocenters. The largest absolute Gasteiger partial charge is 0.292 e. The van der Waals surface area contributed by atoms with Crippen molar-refractivity contribution in [2.45, 2.75) is 19.8 Å². The molecule has 6 nitrogen and oxygen atoms in total. The standard InChI is InChI=1S/C20H17ClN2O4/c1-13-2-4-14(5-3-13)17(24)12-22(23-18(25)10-11-19(23)26)20(27)15-6-8-16(21)9-7-15/h2-9H,10-12H2,1H3. The number of rotatable bonds is 5. The molecule has 7 heteroatoms. The van der Waals surface area contributed by atoms with Gasteiger partial charge < -0.3 is 0 Å². The highest BCUT2D eigenvalue weighted by Crippen LogP contribution is 2.19. The highest BCUT2D eigenvalue weighted by molar-refractivity contribution is 6.30. The second kappa shape index (κ2) is 7.72. The number of carbonyl (C=O) groups excluding carboxylic acids is 4. The van der Waals surface area contributed by atoms with E-state index >= 15 is 0 Å². The number of nitrogens with zero attached hydrogens (tertiary/aromatic N) is 2. The number of Topliss-reactive ketones (excluding diaryl/α,β-unsaturated/α-hetero) is 1. The number of hydrogen-bond donors (Lipinski definition) is 0. The Morgan fingerprint density at radius 2 is 1.44 bits per heavy atom. The number of imide groups is 1. The van der Waals surface area contributed by atoms with Crippen LogP contribution in [-0.2, 0) is 9.59 Å². The Balaban J connectivity index is 1.92. The zero-order valence-electron chi connectivity index (χ0n) is 14.6. The first kappa shape index (κ1) is 18.8. The zero-order chi connectivity index (χ0) is 19.6. The van der Waals surface area contributed by atoms with Gasteiger partial charge in [0.25, 0.3) is 5.91 Å². The summed E-state index contributed by atoms with van der Waals surface area (Å²) in [7, 11) is 0. The van der Waals surface area contributed by atoms with Gasteiger partial charge in [-0.1, -0.05) is 41.4 Å². The molecule has 0 bridgehead atoms. The molecule has 0 saturated carbocycles. The summed E-state index contributed by atoms with van der Waals surface area (Å²) in [5.74, 6) is -1.99. The predicted octanol–water partition coefficient (Wildman–Crippen LogP) is 3.04. The summed E-state index contributed by atoms with van der Waals surface area (Å²) in [5, 5.41) is 2.15. The Hall–Kier alpha value is -2.99. The van der Waals surface area contributed by atoms with Crippen molar-refractivity contribution in [3.8, 4) is 0 Å². The van der Waals surface area contributed by atoms with Crippen molar-refractivity contribution in [2.24, 2.45) is 0 Å². The minimum Gasteiger partial charge on any atom is -0.292 e. The van der Waals surface area contributed by atoms with Crippen LogP contribution in [0.1, 0.15) is 39.1 Å². The van der Waals surface area contributed by atoms with Gasteiger partial charge in [-0.25, -0.2) is 5.01 Å². The lowest BCUT2D eigenvalue weighted by Crippen LogP contribution is -2.51. The van der Waals surface area contributed by atoms with E-state index in [4.69, 9.17) is 11.6 Å². The average molecular weight is 385 g/mol. The summed E-state index contributed by atoms with van der Waals surface area (Å²) >= 11 is 5.85. The van der Waals surface area contributed by atoms with Gasteiger partial charge >= 0.3 is 0 Å². The normalized spacial score (nSPS) is 13.8. The Morgan fingerprint density at radius 3 is 2.00 bits per heavy atom. The molecule has 3 amide bonds. The van der Waals surface area contributed by atoms with E-state index in [1.807, 2.05) is 6.92 Å². The molecule has 0 aromatic heterocycles. The van der Waals surface area contributed by atoms with Crippen molar-refractivity contribution in [1.29, 1.82) is 0 Å². The fourth-order valence-corrected chi connectivity index (χ4v) is 2.90. The van der Waals surface area contributed by atoms with Gasteiger partial charge in [0.15, 0.2) is 5.78 Å². The van der Waals surface area contributed by atoms with E-state index < -0.39 is 24.3 Å². The Labute approximate surface area is 161 Å². The molecule has 1 aliphatic heterocycles. The smallest absolute Gasteiger partial charge is 0.273 e. The minimum absolute atomic E-state index is 0.0158. The number of aryl methyl sites for hydroxylation is 1. The molecule has 0 spiro atoms. The molecule has 0 aliphatic carbocycles. The molecule has 3 rings (SSSR count). The van der Waals surface area contributed by atoms with E-state index in [-0.39, 0.29) is 24.2 Å². The summed E-state index contributed by atoms with van der Waals surface area (Å²) in [6.45, 7) is 1.48. The van der Waals surface area contributed by atoms with Crippen LogP contribution < -0.4 is 0 Å². The van der Waals surface area contributed by atoms with Crippen LogP contribution in [-0.4, -0.2) is 40.1 Å². The van der Waals surface area contributed by atoms with Crippen LogP contribution >= 0.6 is 11.6 Å². The van der Waals surface area contributed by atoms with Crippen molar-refractivity contribution in [1.82, 2.24) is 10.0 Å². The molecule has 2 aromatic carbocycles. The van der Waals surface area contributed by atoms with E-state index in [1.165, 1.54) is 24.3 Å². The molecule has 27 heavy (non-hydrogen) atoms. The van der Waals surface area contributed by atoms with Crippen LogP contribution in [0.2, 0.25) is 5.02 Å². The van der Waals surface area contributed by atoms with Crippen molar-refractivity contribution in [3.05, 3.63) is 70.2 Å². The van der Waals surface area contributed by atoms with Gasteiger partial charge in [-0.3, -0.25) is 19.2 Å². The van der Waals surface area contributed by atoms with Crippen LogP contribution in [0.5, 0.6) is 0 Å². The van der Waals surface area contributed by atoms with Gasteiger partial charge in [0.1, 0.15) is 6.54 Å². The zero-order valence-corrected chi connectivity index (χ0v) is 15.4. The molecule has 1 saturated heterocycles. The monoisotopic (exact) mass is 384 g/mol. The van der Waals surface area contributed by atoms with E-state index in [0.717, 1.165) is 15.6 Å². The molecule has 0 atom stereocenters. The summed E-state index contributed by atoms with van der Waals surface area (Å²) in [6.07, 6.45) is 0.0317. The third-order valence-corrected chi connectivity index (χ3v) is 4.51. The molecule has 0 radical (unpaired) electrons. The topological polar surface area (TPSA) is 74.8 Å². The quantitative estimate of drug-likeness (QED) is 0.586. The van der Waals surface area contributed by atoms with Crippen LogP contribution in [0.25, 0.3) is 0 Å². The minimum atomic E-state index is -0.615. The second-order valence-corrected chi connectivity index (χ2v) is 6.69. The maximum absolute atomic E-state index is 12.9. The first-order chi connectivity index (χ1) is 12.9. The lowest BCUT2D eigenvalue weighted by atomic mass is 10.1. The third-order valence-electron chi connectivity index (χ3n) is 4.26. The van der Waals surface area contributed by atoms with Crippen molar-refractivity contribution in [2.75, 3.05) is 6.54 Å². The molecule has 0 N–H and O–H groups in total. The molecular formula is C20H17ClN2O4. The van der Waals surface area contributed by atoms with Gasteiger partial charge in [0.2, 0.25) is 11.8 Å². The van der Waals surface area contributed by atoms with Crippen molar-refractivity contribution < 1.29 is 19.2 Å². The number of ketones is 1. The number of amides is 3. The van der Waals surface area contributed by atoms with E-state index in [0.29, 0.717) is 10.6 Å². The van der Waals surface area contributed by atoms with Crippen LogP contribution in [0.4, 0.5) is 0 Å². The van der Waals surface area contributed by atoms with E-state index in [2.05, 4.69) is 0 Å². The lowest BCUT2D eigenvalue weighted by Gasteiger charge is -2.29. The number of hydrazine groups is 1. The van der Waals surface area contributed by atoms with Crippen molar-refractivity contribution in [3.63, 3.8) is 0 Å². The summed E-state index contributed by atoms with van der Waals surface area (Å²) in [5.41, 5.74) is 1.61. The maximum Gasteiger partial charge on any atom is 0.273 e. The van der Waals surface area contributed by atoms with Crippen LogP contribution in [0, 0.1) is 6.92 Å². The van der Waals surface area contributed by atoms with Gasteiger partial charge in [-0.15, -0.1) is 0 Å². The fourth-order valence-electron chi connectivity index (χ4n) is 2.78. The molecule has 138 valence electrons. The predicted molar refractivity (Wildman–Crippen MR) is 99.1 cm³/mol. The summed E-state index contributed by atoms with van der Waals surface area (Å²) < 4.78 is 0. The molecule has 1 fully saturated rings. The average Bonchev–Trinajstić information content (AvgIpc) is 2.98. The van der Waals surface area contributed by atoms with Crippen LogP contribution in [0.15, 0.2) is 48.5 Å². The van der Waals surface area contributed by atoms with Gasteiger partial charge in [0.05, 0.1) is 0 Å². The highest BCUT2D eigenvalue weighted by atomic mass is 35.5. The SMILES string of the molecule is Cc1ccc(C(=O)CN(C(=O)c2ccc(Cl)cc2)N2C(=O)CCC2=O)cc1. The summed E-state index contributed by atoms with van der Waals surface area (Å²) in [6, 6.07) is 12.9. The first-order valence-electron chi connectivity index (χ1n) is 8.40. The molecular weight excluding hydrogens is 368 g/mol. The maximum atomic E-state index is 12.9. The molecule has 2 aromatic rings. The number of halogens is 1. The van der Waals surface area contributed by atoms with Gasteiger partial charge in [-0.2, -0.15) is 5.01 Å². The van der Waals surface area contributed by atoms with E-state index in [1.54, 1.807) is 24.3 Å². The Morgan fingerprint density at radius 1 is 0.926 bits per heavy atom. The highest BCUT2D eigenvalue weighted by Gasteiger charge is 2.38. The molecule has 1 aliphatic rings. The van der Waals surface area contributed by atoms with E-state index in [9.17, 15) is 19.2 Å². The van der Waals surface area contributed by atoms with Crippen LogP contribution in [0.3, 0.4) is 0 Å². The van der Waals surface area contributed by atoms with Gasteiger partial charge in [-0.05, 0) is 31.2 Å². The van der Waals surface area contributed by atoms with Crippen molar-refractivity contribution >= 4 is 35.1 Å². The first-order valence-corrected chi connectivity index (χ1v) is 8.77. The summed E-state index contributed by atoms with van der Waals surface area (Å²) in [4.78, 5) is 49.9. The third kappa shape index (κ3) is 4.06. The number of carbonyl (C=O) groups is 4.